The van der Waals surface area contributed by atoms with Crippen molar-refractivity contribution in [3.63, 3.8) is 0 Å². The molecule has 0 bridgehead atoms. The molecule has 0 aliphatic carbocycles. The van der Waals surface area contributed by atoms with E-state index in [1.54, 1.807) is 7.11 Å². The largest absolute Gasteiger partial charge is 0.382 e. The van der Waals surface area contributed by atoms with Gasteiger partial charge in [-0.2, -0.15) is 0 Å². The average molecular weight is 271 g/mol. The lowest BCUT2D eigenvalue weighted by Crippen LogP contribution is -2.28. The number of anilines is 1. The zero-order chi connectivity index (χ0) is 14.1. The molecule has 6 nitrogen and oxygen atoms in total. The van der Waals surface area contributed by atoms with Crippen molar-refractivity contribution >= 4 is 11.7 Å². The van der Waals surface area contributed by atoms with Gasteiger partial charge in [0, 0.05) is 26.9 Å². The van der Waals surface area contributed by atoms with Crippen LogP contribution in [0.2, 0.25) is 0 Å². The summed E-state index contributed by atoms with van der Waals surface area (Å²) < 4.78 is 23.7. The van der Waals surface area contributed by atoms with Gasteiger partial charge in [-0.3, -0.25) is 4.79 Å². The number of nitrogens with one attached hydrogen (secondary N) is 2. The van der Waals surface area contributed by atoms with E-state index in [0.717, 1.165) is 0 Å². The van der Waals surface area contributed by atoms with Gasteiger partial charge in [0.2, 0.25) is 0 Å². The molecule has 0 aliphatic rings. The molecule has 0 unspecified atom stereocenters. The lowest BCUT2D eigenvalue weighted by molar-refractivity contribution is 0.0692. The van der Waals surface area contributed by atoms with Crippen LogP contribution in [0, 0.1) is 5.82 Å². The van der Waals surface area contributed by atoms with Gasteiger partial charge >= 0.3 is 0 Å². The topological polar surface area (TPSA) is 72.5 Å². The second-order valence-electron chi connectivity index (χ2n) is 3.63. The van der Waals surface area contributed by atoms with Gasteiger partial charge in [0.05, 0.1) is 25.4 Å². The van der Waals surface area contributed by atoms with Crippen LogP contribution < -0.4 is 10.6 Å². The zero-order valence-corrected chi connectivity index (χ0v) is 11.0. The van der Waals surface area contributed by atoms with Gasteiger partial charge in [0.25, 0.3) is 5.91 Å². The third kappa shape index (κ3) is 4.80. The number of amides is 1. The van der Waals surface area contributed by atoms with Gasteiger partial charge < -0.3 is 20.1 Å². The molecule has 1 rings (SSSR count). The summed E-state index contributed by atoms with van der Waals surface area (Å²) in [4.78, 5) is 15.5. The van der Waals surface area contributed by atoms with E-state index in [1.807, 2.05) is 0 Å². The quantitative estimate of drug-likeness (QED) is 0.679. The van der Waals surface area contributed by atoms with Crippen LogP contribution in [0.15, 0.2) is 12.3 Å². The van der Waals surface area contributed by atoms with Crippen molar-refractivity contribution in [3.05, 3.63) is 23.6 Å². The van der Waals surface area contributed by atoms with Crippen LogP contribution in [0.1, 0.15) is 10.4 Å². The number of pyridine rings is 1. The molecule has 0 aromatic carbocycles. The van der Waals surface area contributed by atoms with Crippen molar-refractivity contribution in [2.24, 2.45) is 0 Å². The second-order valence-corrected chi connectivity index (χ2v) is 3.63. The van der Waals surface area contributed by atoms with E-state index < -0.39 is 11.7 Å². The monoisotopic (exact) mass is 271 g/mol. The molecule has 1 heterocycles. The van der Waals surface area contributed by atoms with Crippen molar-refractivity contribution in [2.75, 3.05) is 45.8 Å². The third-order valence-electron chi connectivity index (χ3n) is 2.33. The summed E-state index contributed by atoms with van der Waals surface area (Å²) in [5.41, 5.74) is -0.0451. The molecule has 1 aromatic heterocycles. The number of methoxy groups -OCH3 is 1. The van der Waals surface area contributed by atoms with Crippen molar-refractivity contribution < 1.29 is 18.7 Å². The van der Waals surface area contributed by atoms with E-state index in [0.29, 0.717) is 26.4 Å². The Bertz CT molecular complexity index is 415. The van der Waals surface area contributed by atoms with Crippen LogP contribution in [0.3, 0.4) is 0 Å². The standard InChI is InChI=1S/C12H18FN3O3/c1-14-11-10(13)9(3-4-15-11)12(17)16-5-6-19-8-7-18-2/h3-4H,5-8H2,1-2H3,(H,14,15)(H,16,17). The van der Waals surface area contributed by atoms with Crippen LogP contribution in [0.5, 0.6) is 0 Å². The molecule has 0 spiro atoms. The lowest BCUT2D eigenvalue weighted by atomic mass is 10.2. The van der Waals surface area contributed by atoms with Crippen molar-refractivity contribution in [2.45, 2.75) is 0 Å². The van der Waals surface area contributed by atoms with Gasteiger partial charge in [0.1, 0.15) is 0 Å². The molecule has 19 heavy (non-hydrogen) atoms. The number of carbonyl (C=O) groups is 1. The molecule has 106 valence electrons. The Balaban J connectivity index is 2.41. The summed E-state index contributed by atoms with van der Waals surface area (Å²) >= 11 is 0. The molecular formula is C12H18FN3O3. The molecule has 2 N–H and O–H groups in total. The molecule has 0 saturated carbocycles. The predicted molar refractivity (Wildman–Crippen MR) is 68.8 cm³/mol. The summed E-state index contributed by atoms with van der Waals surface area (Å²) in [6.07, 6.45) is 1.37. The molecule has 1 aromatic rings. The molecule has 0 saturated heterocycles. The molecule has 1 amide bonds. The fourth-order valence-electron chi connectivity index (χ4n) is 1.37. The zero-order valence-electron chi connectivity index (χ0n) is 11.0. The molecule has 0 radical (unpaired) electrons. The highest BCUT2D eigenvalue weighted by Gasteiger charge is 2.14. The number of aromatic nitrogens is 1. The Kier molecular flexibility index (Phi) is 6.76. The average Bonchev–Trinajstić information content (AvgIpc) is 2.42. The Morgan fingerprint density at radius 1 is 1.42 bits per heavy atom. The van der Waals surface area contributed by atoms with Gasteiger partial charge in [0.15, 0.2) is 11.6 Å². The first-order valence-corrected chi connectivity index (χ1v) is 5.87. The van der Waals surface area contributed by atoms with Crippen LogP contribution in [-0.2, 0) is 9.47 Å². The maximum absolute atomic E-state index is 13.8. The molecule has 0 fully saturated rings. The summed E-state index contributed by atoms with van der Waals surface area (Å²) in [7, 11) is 3.12. The van der Waals surface area contributed by atoms with Crippen LogP contribution >= 0.6 is 0 Å². The number of nitrogens with zero attached hydrogens (tertiary/aromatic N) is 1. The first-order chi connectivity index (χ1) is 9.20. The Morgan fingerprint density at radius 2 is 2.21 bits per heavy atom. The smallest absolute Gasteiger partial charge is 0.254 e. The van der Waals surface area contributed by atoms with Gasteiger partial charge in [-0.05, 0) is 6.07 Å². The highest BCUT2D eigenvalue weighted by atomic mass is 19.1. The minimum absolute atomic E-state index is 0.0451. The lowest BCUT2D eigenvalue weighted by Gasteiger charge is -2.08. The second kappa shape index (κ2) is 8.39. The summed E-state index contributed by atoms with van der Waals surface area (Å²) in [5.74, 6) is -1.11. The fraction of sp³-hybridized carbons (Fsp3) is 0.500. The number of hydrogen-bond donors (Lipinski definition) is 2. The van der Waals surface area contributed by atoms with E-state index in [-0.39, 0.29) is 11.4 Å². The Hall–Kier alpha value is -1.73. The minimum Gasteiger partial charge on any atom is -0.382 e. The number of carbonyl (C=O) groups excluding carboxylic acids is 1. The van der Waals surface area contributed by atoms with Crippen molar-refractivity contribution in [1.82, 2.24) is 10.3 Å². The summed E-state index contributed by atoms with van der Waals surface area (Å²) in [6, 6.07) is 1.33. The van der Waals surface area contributed by atoms with E-state index in [2.05, 4.69) is 15.6 Å². The van der Waals surface area contributed by atoms with Crippen LogP contribution in [0.4, 0.5) is 10.2 Å². The Labute approximate surface area is 111 Å². The highest BCUT2D eigenvalue weighted by Crippen LogP contribution is 2.13. The molecule has 0 atom stereocenters. The maximum atomic E-state index is 13.8. The summed E-state index contributed by atoms with van der Waals surface area (Å²) in [5, 5.41) is 5.14. The predicted octanol–water partition coefficient (Wildman–Crippen LogP) is 0.655. The van der Waals surface area contributed by atoms with Crippen molar-refractivity contribution in [1.29, 1.82) is 0 Å². The van der Waals surface area contributed by atoms with Gasteiger partial charge in [-0.1, -0.05) is 0 Å². The molecule has 7 heteroatoms. The van der Waals surface area contributed by atoms with E-state index >= 15 is 0 Å². The van der Waals surface area contributed by atoms with E-state index in [1.165, 1.54) is 19.3 Å². The SMILES string of the molecule is CNc1nccc(C(=O)NCCOCCOC)c1F. The number of hydrogen-bond acceptors (Lipinski definition) is 5. The number of halogens is 1. The first kappa shape index (κ1) is 15.3. The normalized spacial score (nSPS) is 10.3. The molecular weight excluding hydrogens is 253 g/mol. The van der Waals surface area contributed by atoms with E-state index in [4.69, 9.17) is 9.47 Å². The highest BCUT2D eigenvalue weighted by molar-refractivity contribution is 5.95. The van der Waals surface area contributed by atoms with Crippen LogP contribution in [-0.4, -0.2) is 51.4 Å². The van der Waals surface area contributed by atoms with Crippen LogP contribution in [0.25, 0.3) is 0 Å². The third-order valence-corrected chi connectivity index (χ3v) is 2.33. The summed E-state index contributed by atoms with van der Waals surface area (Å²) in [6.45, 7) is 1.61. The Morgan fingerprint density at radius 3 is 2.89 bits per heavy atom. The number of rotatable bonds is 8. The number of ether oxygens (including phenoxy) is 2. The van der Waals surface area contributed by atoms with Gasteiger partial charge in [-0.15, -0.1) is 0 Å². The molecule has 0 aliphatic heterocycles. The minimum atomic E-state index is -0.664. The van der Waals surface area contributed by atoms with Crippen molar-refractivity contribution in [3.8, 4) is 0 Å². The first-order valence-electron chi connectivity index (χ1n) is 5.87. The van der Waals surface area contributed by atoms with E-state index in [9.17, 15) is 9.18 Å². The maximum Gasteiger partial charge on any atom is 0.254 e. The fourth-order valence-corrected chi connectivity index (χ4v) is 1.37. The van der Waals surface area contributed by atoms with Gasteiger partial charge in [-0.25, -0.2) is 9.37 Å².